The summed E-state index contributed by atoms with van der Waals surface area (Å²) in [4.78, 5) is 47.8. The second kappa shape index (κ2) is 12.3. The number of carbonyl (C=O) groups is 3. The highest BCUT2D eigenvalue weighted by atomic mass is 16.5. The number of amides is 2. The van der Waals surface area contributed by atoms with Gasteiger partial charge in [0.1, 0.15) is 29.6 Å². The van der Waals surface area contributed by atoms with Gasteiger partial charge in [0.15, 0.2) is 0 Å². The molecule has 1 aromatic carbocycles. The lowest BCUT2D eigenvalue weighted by atomic mass is 9.85. The first-order chi connectivity index (χ1) is 19.0. The normalized spacial score (nSPS) is 19.9. The van der Waals surface area contributed by atoms with Crippen molar-refractivity contribution in [2.45, 2.75) is 90.3 Å². The van der Waals surface area contributed by atoms with Gasteiger partial charge >= 0.3 is 12.1 Å². The molecule has 1 unspecified atom stereocenters. The minimum Gasteiger partial charge on any atom is -0.497 e. The van der Waals surface area contributed by atoms with Gasteiger partial charge in [-0.1, -0.05) is 52.9 Å². The lowest BCUT2D eigenvalue weighted by Crippen LogP contribution is -2.56. The molecule has 1 aliphatic carbocycles. The van der Waals surface area contributed by atoms with Crippen LogP contribution in [-0.2, 0) is 16.0 Å². The summed E-state index contributed by atoms with van der Waals surface area (Å²) in [6, 6.07) is 3.16. The van der Waals surface area contributed by atoms with E-state index in [1.54, 1.807) is 33.9 Å². The third-order valence-electron chi connectivity index (χ3n) is 7.62. The van der Waals surface area contributed by atoms with E-state index in [0.717, 1.165) is 18.8 Å². The predicted molar refractivity (Wildman–Crippen MR) is 148 cm³/mol. The van der Waals surface area contributed by atoms with E-state index in [2.05, 4.69) is 5.32 Å². The molecular weight excluding hydrogens is 516 g/mol. The number of ether oxygens (including phenoxy) is 2. The minimum atomic E-state index is -1.35. The lowest BCUT2D eigenvalue weighted by molar-refractivity contribution is -0.150. The Balaban J connectivity index is 1.55. The lowest BCUT2D eigenvalue weighted by Gasteiger charge is -2.34. The zero-order valence-electron chi connectivity index (χ0n) is 23.7. The average molecular weight is 557 g/mol. The number of methoxy groups -OCH3 is 1. The van der Waals surface area contributed by atoms with E-state index in [0.29, 0.717) is 34.8 Å². The van der Waals surface area contributed by atoms with Gasteiger partial charge in [-0.15, -0.1) is 0 Å². The van der Waals surface area contributed by atoms with Gasteiger partial charge in [-0.05, 0) is 36.3 Å². The van der Waals surface area contributed by atoms with Gasteiger partial charge in [0.25, 0.3) is 0 Å². The Morgan fingerprint density at radius 3 is 2.48 bits per heavy atom. The number of likely N-dealkylation sites (tertiary alicyclic amines) is 1. The molecule has 218 valence electrons. The van der Waals surface area contributed by atoms with Crippen molar-refractivity contribution in [3.8, 4) is 11.6 Å². The van der Waals surface area contributed by atoms with E-state index in [4.69, 9.17) is 19.4 Å². The highest BCUT2D eigenvalue weighted by Crippen LogP contribution is 2.34. The molecule has 1 saturated heterocycles. The first-order valence-corrected chi connectivity index (χ1v) is 14.0. The summed E-state index contributed by atoms with van der Waals surface area (Å²) in [5.74, 6) is 0.0742. The molecule has 2 aliphatic rings. The number of benzene rings is 1. The molecule has 4 rings (SSSR count). The number of aryl methyl sites for hydroxylation is 1. The fraction of sp³-hybridized carbons (Fsp3) is 0.621. The standard InChI is InChI=1S/C29H40N4O7/c1-29(2,3)24(32-28(37)38)26(34)33-16-19(15-23(33)27(35)36)40-25-21(9-7-5-6-8-17-10-11-17)30-20-13-12-18(39-4)14-22(20)31-25/h12-14,17,19,23-24,32H,5-11,15-16H2,1-4H3,(H,35,36)(H,37,38)/t19-,23+,24?/m1/s1. The number of hydrogen-bond donors (Lipinski definition) is 3. The maximum atomic E-state index is 13.4. The van der Waals surface area contributed by atoms with Crippen LogP contribution in [0.5, 0.6) is 11.6 Å². The molecule has 0 radical (unpaired) electrons. The van der Waals surface area contributed by atoms with Crippen molar-refractivity contribution in [1.82, 2.24) is 20.2 Å². The highest BCUT2D eigenvalue weighted by molar-refractivity contribution is 5.90. The van der Waals surface area contributed by atoms with Gasteiger partial charge < -0.3 is 29.9 Å². The van der Waals surface area contributed by atoms with Crippen LogP contribution in [0.25, 0.3) is 11.0 Å². The molecule has 2 fully saturated rings. The summed E-state index contributed by atoms with van der Waals surface area (Å²) in [7, 11) is 1.57. The smallest absolute Gasteiger partial charge is 0.405 e. The van der Waals surface area contributed by atoms with Crippen LogP contribution in [0, 0.1) is 11.3 Å². The van der Waals surface area contributed by atoms with Gasteiger partial charge in [0.05, 0.1) is 24.7 Å². The maximum Gasteiger partial charge on any atom is 0.405 e. The van der Waals surface area contributed by atoms with E-state index >= 15 is 0 Å². The zero-order valence-corrected chi connectivity index (χ0v) is 23.7. The van der Waals surface area contributed by atoms with E-state index in [-0.39, 0.29) is 13.0 Å². The third kappa shape index (κ3) is 7.31. The molecule has 2 heterocycles. The first-order valence-electron chi connectivity index (χ1n) is 14.0. The summed E-state index contributed by atoms with van der Waals surface area (Å²) in [6.45, 7) is 5.16. The van der Waals surface area contributed by atoms with Crippen molar-refractivity contribution in [2.24, 2.45) is 11.3 Å². The topological polar surface area (TPSA) is 151 Å². The number of fused-ring (bicyclic) bond motifs is 1. The number of hydrogen-bond acceptors (Lipinski definition) is 7. The number of rotatable bonds is 12. The monoisotopic (exact) mass is 556 g/mol. The van der Waals surface area contributed by atoms with Crippen LogP contribution < -0.4 is 14.8 Å². The molecule has 1 aromatic heterocycles. The van der Waals surface area contributed by atoms with E-state index in [9.17, 15) is 24.6 Å². The molecule has 2 aromatic rings. The van der Waals surface area contributed by atoms with Crippen molar-refractivity contribution in [3.05, 3.63) is 23.9 Å². The molecule has 11 heteroatoms. The maximum absolute atomic E-state index is 13.4. The van der Waals surface area contributed by atoms with Gasteiger partial charge in [0, 0.05) is 12.5 Å². The summed E-state index contributed by atoms with van der Waals surface area (Å²) in [5.41, 5.74) is 1.22. The van der Waals surface area contributed by atoms with Gasteiger partial charge in [-0.3, -0.25) is 4.79 Å². The number of nitrogens with zero attached hydrogens (tertiary/aromatic N) is 3. The number of aromatic nitrogens is 2. The van der Waals surface area contributed by atoms with Crippen molar-refractivity contribution >= 4 is 29.0 Å². The van der Waals surface area contributed by atoms with Crippen LogP contribution in [0.1, 0.15) is 71.4 Å². The molecule has 1 aliphatic heterocycles. The Morgan fingerprint density at radius 1 is 1.10 bits per heavy atom. The Bertz CT molecular complexity index is 1240. The SMILES string of the molecule is COc1ccc2nc(CCCCCC3CC3)c(O[C@@H]3C[C@@H](C(=O)O)N(C(=O)C(NC(=O)O)C(C)(C)C)C3)nc2c1. The number of carboxylic acids is 1. The number of aliphatic carboxylic acids is 1. The number of unbranched alkanes of at least 4 members (excludes halogenated alkanes) is 2. The highest BCUT2D eigenvalue weighted by Gasteiger charge is 2.46. The Labute approximate surface area is 234 Å². The quantitative estimate of drug-likeness (QED) is 0.326. The van der Waals surface area contributed by atoms with Crippen LogP contribution in [0.2, 0.25) is 0 Å². The second-order valence-corrected chi connectivity index (χ2v) is 11.9. The molecule has 3 atom stereocenters. The van der Waals surface area contributed by atoms with E-state index in [1.807, 2.05) is 12.1 Å². The summed E-state index contributed by atoms with van der Waals surface area (Å²) in [6.07, 6.45) is 5.86. The largest absolute Gasteiger partial charge is 0.497 e. The van der Waals surface area contributed by atoms with Gasteiger partial charge in [0.2, 0.25) is 11.8 Å². The van der Waals surface area contributed by atoms with Crippen LogP contribution in [0.15, 0.2) is 18.2 Å². The van der Waals surface area contributed by atoms with Gasteiger partial charge in [-0.2, -0.15) is 0 Å². The summed E-state index contributed by atoms with van der Waals surface area (Å²) >= 11 is 0. The molecule has 2 amide bonds. The van der Waals surface area contributed by atoms with Gasteiger partial charge in [-0.25, -0.2) is 19.6 Å². The van der Waals surface area contributed by atoms with Crippen molar-refractivity contribution in [1.29, 1.82) is 0 Å². The minimum absolute atomic E-state index is 0.0116. The van der Waals surface area contributed by atoms with E-state index < -0.39 is 41.6 Å². The Morgan fingerprint density at radius 2 is 1.85 bits per heavy atom. The number of carboxylic acid groups (broad SMARTS) is 2. The fourth-order valence-corrected chi connectivity index (χ4v) is 5.20. The fourth-order valence-electron chi connectivity index (χ4n) is 5.20. The Hall–Kier alpha value is -3.63. The second-order valence-electron chi connectivity index (χ2n) is 11.9. The zero-order chi connectivity index (χ0) is 29.0. The number of carbonyl (C=O) groups excluding carboxylic acids is 1. The molecule has 11 nitrogen and oxygen atoms in total. The summed E-state index contributed by atoms with van der Waals surface area (Å²) in [5, 5.41) is 21.5. The van der Waals surface area contributed by atoms with Crippen molar-refractivity contribution in [3.63, 3.8) is 0 Å². The van der Waals surface area contributed by atoms with Crippen LogP contribution in [0.3, 0.4) is 0 Å². The van der Waals surface area contributed by atoms with Crippen LogP contribution in [0.4, 0.5) is 4.79 Å². The molecule has 3 N–H and O–H groups in total. The van der Waals surface area contributed by atoms with Crippen LogP contribution >= 0.6 is 0 Å². The van der Waals surface area contributed by atoms with Crippen LogP contribution in [-0.4, -0.2) is 74.9 Å². The summed E-state index contributed by atoms with van der Waals surface area (Å²) < 4.78 is 11.6. The molecule has 0 bridgehead atoms. The molecule has 40 heavy (non-hydrogen) atoms. The molecular formula is C29H40N4O7. The Kier molecular flexibility index (Phi) is 9.00. The number of nitrogens with one attached hydrogen (secondary N) is 1. The molecule has 1 saturated carbocycles. The predicted octanol–water partition coefficient (Wildman–Crippen LogP) is 4.27. The first kappa shape index (κ1) is 29.4. The average Bonchev–Trinajstić information content (AvgIpc) is 3.62. The third-order valence-corrected chi connectivity index (χ3v) is 7.62. The molecule has 0 spiro atoms. The van der Waals surface area contributed by atoms with Crippen molar-refractivity contribution < 1.29 is 34.1 Å². The van der Waals surface area contributed by atoms with E-state index in [1.165, 1.54) is 30.6 Å². The van der Waals surface area contributed by atoms with Crippen molar-refractivity contribution in [2.75, 3.05) is 13.7 Å².